The highest BCUT2D eigenvalue weighted by molar-refractivity contribution is 5.80. The summed E-state index contributed by atoms with van der Waals surface area (Å²) >= 11 is 0. The van der Waals surface area contributed by atoms with Gasteiger partial charge in [-0.2, -0.15) is 0 Å². The molecule has 1 heterocycles. The number of nitrogens with one attached hydrogen (secondary N) is 1. The van der Waals surface area contributed by atoms with E-state index in [0.29, 0.717) is 6.10 Å². The minimum atomic E-state index is -0.108. The zero-order valence-corrected chi connectivity index (χ0v) is 15.8. The van der Waals surface area contributed by atoms with E-state index in [1.165, 1.54) is 6.07 Å². The predicted octanol–water partition coefficient (Wildman–Crippen LogP) is 2.77. The summed E-state index contributed by atoms with van der Waals surface area (Å²) in [7, 11) is 3.53. The van der Waals surface area contributed by atoms with Gasteiger partial charge in [0.05, 0.1) is 6.10 Å². The molecule has 144 valence electrons. The van der Waals surface area contributed by atoms with Crippen LogP contribution in [0.5, 0.6) is 0 Å². The SMILES string of the molecule is CN=C(NC1CC1c1ccccc1F)N1CCC(OCCCOC)CC1. The molecule has 6 heteroatoms. The van der Waals surface area contributed by atoms with E-state index in [4.69, 9.17) is 9.47 Å². The third-order valence-corrected chi connectivity index (χ3v) is 5.21. The fraction of sp³-hybridized carbons (Fsp3) is 0.650. The molecule has 5 nitrogen and oxygen atoms in total. The number of aliphatic imine (C=N–C) groups is 1. The van der Waals surface area contributed by atoms with E-state index in [2.05, 4.69) is 15.2 Å². The number of hydrogen-bond donors (Lipinski definition) is 1. The summed E-state index contributed by atoms with van der Waals surface area (Å²) in [6.07, 6.45) is 4.25. The molecule has 1 saturated carbocycles. The van der Waals surface area contributed by atoms with Gasteiger partial charge in [-0.3, -0.25) is 4.99 Å². The fourth-order valence-corrected chi connectivity index (χ4v) is 3.62. The number of hydrogen-bond acceptors (Lipinski definition) is 3. The molecule has 2 unspecified atom stereocenters. The van der Waals surface area contributed by atoms with Gasteiger partial charge < -0.3 is 19.7 Å². The van der Waals surface area contributed by atoms with Gasteiger partial charge in [0.2, 0.25) is 0 Å². The summed E-state index contributed by atoms with van der Waals surface area (Å²) in [4.78, 5) is 6.72. The quantitative estimate of drug-likeness (QED) is 0.460. The van der Waals surface area contributed by atoms with E-state index < -0.39 is 0 Å². The first kappa shape index (κ1) is 19.1. The highest BCUT2D eigenvalue weighted by Gasteiger charge is 2.41. The van der Waals surface area contributed by atoms with Gasteiger partial charge in [-0.1, -0.05) is 18.2 Å². The van der Waals surface area contributed by atoms with Gasteiger partial charge >= 0.3 is 0 Å². The maximum absolute atomic E-state index is 13.9. The lowest BCUT2D eigenvalue weighted by Gasteiger charge is -2.34. The van der Waals surface area contributed by atoms with E-state index in [1.54, 1.807) is 13.2 Å². The summed E-state index contributed by atoms with van der Waals surface area (Å²) < 4.78 is 24.9. The Kier molecular flexibility index (Phi) is 6.86. The van der Waals surface area contributed by atoms with E-state index in [-0.39, 0.29) is 17.8 Å². The second-order valence-electron chi connectivity index (χ2n) is 7.07. The van der Waals surface area contributed by atoms with Crippen molar-refractivity contribution in [3.8, 4) is 0 Å². The van der Waals surface area contributed by atoms with Gasteiger partial charge in [-0.05, 0) is 37.3 Å². The van der Waals surface area contributed by atoms with Crippen LogP contribution in [-0.2, 0) is 9.47 Å². The van der Waals surface area contributed by atoms with Crippen LogP contribution >= 0.6 is 0 Å². The first-order chi connectivity index (χ1) is 12.7. The lowest BCUT2D eigenvalue weighted by atomic mass is 10.1. The number of likely N-dealkylation sites (tertiary alicyclic amines) is 1. The Bertz CT molecular complexity index is 602. The molecule has 1 aliphatic heterocycles. The molecule has 2 atom stereocenters. The Hall–Kier alpha value is -1.66. The van der Waals surface area contributed by atoms with Crippen molar-refractivity contribution in [3.63, 3.8) is 0 Å². The van der Waals surface area contributed by atoms with Crippen molar-refractivity contribution in [1.82, 2.24) is 10.2 Å². The van der Waals surface area contributed by atoms with Crippen LogP contribution in [0.3, 0.4) is 0 Å². The van der Waals surface area contributed by atoms with Crippen LogP contribution in [0.15, 0.2) is 29.3 Å². The molecule has 1 N–H and O–H groups in total. The number of ether oxygens (including phenoxy) is 2. The maximum atomic E-state index is 13.9. The van der Waals surface area contributed by atoms with E-state index in [1.807, 2.05) is 19.2 Å². The van der Waals surface area contributed by atoms with Crippen molar-refractivity contribution in [1.29, 1.82) is 0 Å². The van der Waals surface area contributed by atoms with Crippen molar-refractivity contribution in [2.75, 3.05) is 40.5 Å². The van der Waals surface area contributed by atoms with Crippen molar-refractivity contribution in [3.05, 3.63) is 35.6 Å². The molecule has 1 aromatic carbocycles. The summed E-state index contributed by atoms with van der Waals surface area (Å²) in [6, 6.07) is 7.34. The standard InChI is InChI=1S/C20H30FN3O2/c1-22-20(23-19-14-17(19)16-6-3-4-7-18(16)21)24-10-8-15(9-11-24)26-13-5-12-25-2/h3-4,6-7,15,17,19H,5,8-14H2,1-2H3,(H,22,23). The monoisotopic (exact) mass is 363 g/mol. The van der Waals surface area contributed by atoms with E-state index in [0.717, 1.165) is 63.5 Å². The molecule has 1 aromatic rings. The van der Waals surface area contributed by atoms with Gasteiger partial charge in [-0.15, -0.1) is 0 Å². The summed E-state index contributed by atoms with van der Waals surface area (Å²) in [6.45, 7) is 3.38. The lowest BCUT2D eigenvalue weighted by molar-refractivity contribution is 0.00989. The lowest BCUT2D eigenvalue weighted by Crippen LogP contribution is -2.47. The van der Waals surface area contributed by atoms with Crippen molar-refractivity contribution >= 4 is 5.96 Å². The van der Waals surface area contributed by atoms with Gasteiger partial charge in [0.15, 0.2) is 5.96 Å². The summed E-state index contributed by atoms with van der Waals surface area (Å²) in [5.41, 5.74) is 0.809. The molecule has 0 spiro atoms. The van der Waals surface area contributed by atoms with Crippen LogP contribution in [0.25, 0.3) is 0 Å². The molecule has 1 saturated heterocycles. The largest absolute Gasteiger partial charge is 0.385 e. The molecule has 0 radical (unpaired) electrons. The van der Waals surface area contributed by atoms with Crippen LogP contribution in [0, 0.1) is 5.82 Å². The molecular weight excluding hydrogens is 333 g/mol. The Morgan fingerprint density at radius 2 is 2.04 bits per heavy atom. The third-order valence-electron chi connectivity index (χ3n) is 5.21. The first-order valence-corrected chi connectivity index (χ1v) is 9.56. The molecule has 2 fully saturated rings. The number of rotatable bonds is 7. The average Bonchev–Trinajstić information content (AvgIpc) is 3.43. The topological polar surface area (TPSA) is 46.1 Å². The Balaban J connectivity index is 1.43. The van der Waals surface area contributed by atoms with Crippen LogP contribution in [0.2, 0.25) is 0 Å². The normalized spacial score (nSPS) is 24.0. The predicted molar refractivity (Wildman–Crippen MR) is 101 cm³/mol. The Morgan fingerprint density at radius 1 is 1.27 bits per heavy atom. The fourth-order valence-electron chi connectivity index (χ4n) is 3.62. The molecule has 2 aliphatic rings. The molecule has 0 amide bonds. The zero-order valence-electron chi connectivity index (χ0n) is 15.8. The number of benzene rings is 1. The van der Waals surface area contributed by atoms with Crippen LogP contribution < -0.4 is 5.32 Å². The maximum Gasteiger partial charge on any atom is 0.193 e. The highest BCUT2D eigenvalue weighted by atomic mass is 19.1. The number of guanidine groups is 1. The summed E-state index contributed by atoms with van der Waals surface area (Å²) in [5, 5.41) is 3.51. The zero-order chi connectivity index (χ0) is 18.4. The first-order valence-electron chi connectivity index (χ1n) is 9.56. The molecule has 1 aliphatic carbocycles. The number of methoxy groups -OCH3 is 1. The van der Waals surface area contributed by atoms with Crippen molar-refractivity contribution in [2.24, 2.45) is 4.99 Å². The second kappa shape index (κ2) is 9.33. The van der Waals surface area contributed by atoms with Crippen LogP contribution in [0.4, 0.5) is 4.39 Å². The van der Waals surface area contributed by atoms with Gasteiger partial charge in [0, 0.05) is 52.4 Å². The van der Waals surface area contributed by atoms with E-state index in [9.17, 15) is 4.39 Å². The number of nitrogens with zero attached hydrogens (tertiary/aromatic N) is 2. The second-order valence-corrected chi connectivity index (χ2v) is 7.07. The molecular formula is C20H30FN3O2. The van der Waals surface area contributed by atoms with Crippen molar-refractivity contribution < 1.29 is 13.9 Å². The number of piperidine rings is 1. The Labute approximate surface area is 155 Å². The minimum Gasteiger partial charge on any atom is -0.385 e. The van der Waals surface area contributed by atoms with Gasteiger partial charge in [-0.25, -0.2) is 4.39 Å². The molecule has 3 rings (SSSR count). The van der Waals surface area contributed by atoms with Crippen LogP contribution in [0.1, 0.15) is 37.2 Å². The summed E-state index contributed by atoms with van der Waals surface area (Å²) in [5.74, 6) is 1.06. The van der Waals surface area contributed by atoms with E-state index >= 15 is 0 Å². The van der Waals surface area contributed by atoms with Crippen molar-refractivity contribution in [2.45, 2.75) is 43.7 Å². The Morgan fingerprint density at radius 3 is 2.73 bits per heavy atom. The third kappa shape index (κ3) is 4.95. The highest BCUT2D eigenvalue weighted by Crippen LogP contribution is 2.41. The van der Waals surface area contributed by atoms with Gasteiger partial charge in [0.1, 0.15) is 5.82 Å². The van der Waals surface area contributed by atoms with Crippen LogP contribution in [-0.4, -0.2) is 63.5 Å². The molecule has 26 heavy (non-hydrogen) atoms. The van der Waals surface area contributed by atoms with Gasteiger partial charge in [0.25, 0.3) is 0 Å². The average molecular weight is 363 g/mol. The number of halogens is 1. The minimum absolute atomic E-state index is 0.108. The molecule has 0 bridgehead atoms. The molecule has 0 aromatic heterocycles. The smallest absolute Gasteiger partial charge is 0.193 e.